The molecule has 2 N–H and O–H groups in total. The smallest absolute Gasteiger partial charge is 0.270 e. The number of para-hydroxylation sites is 2. The van der Waals surface area contributed by atoms with Crippen LogP contribution in [0.1, 0.15) is 5.56 Å². The minimum Gasteiger partial charge on any atom is -0.507 e. The molecule has 0 amide bonds. The molecule has 2 aromatic carbocycles. The lowest BCUT2D eigenvalue weighted by Crippen LogP contribution is -1.99. The van der Waals surface area contributed by atoms with Gasteiger partial charge in [-0.1, -0.05) is 12.1 Å². The molecule has 0 aliphatic heterocycles. The van der Waals surface area contributed by atoms with Gasteiger partial charge >= 0.3 is 0 Å². The summed E-state index contributed by atoms with van der Waals surface area (Å²) in [6, 6.07) is 11.4. The molecule has 1 heterocycles. The Bertz CT molecular complexity index is 917. The second-order valence-corrected chi connectivity index (χ2v) is 4.85. The third-order valence-corrected chi connectivity index (χ3v) is 3.38. The topological polar surface area (TPSA) is 106 Å². The van der Waals surface area contributed by atoms with Crippen LogP contribution in [0.4, 0.5) is 11.6 Å². The molecule has 0 aliphatic rings. The van der Waals surface area contributed by atoms with Gasteiger partial charge in [0.25, 0.3) is 5.69 Å². The highest BCUT2D eigenvalue weighted by atomic mass is 16.6. The van der Waals surface area contributed by atoms with Crippen molar-refractivity contribution in [1.82, 2.24) is 9.55 Å². The van der Waals surface area contributed by atoms with Crippen molar-refractivity contribution in [3.8, 4) is 5.75 Å². The molecule has 0 aliphatic carbocycles. The second-order valence-electron chi connectivity index (χ2n) is 4.85. The van der Waals surface area contributed by atoms with Gasteiger partial charge in [-0.3, -0.25) is 10.1 Å². The Balaban J connectivity index is 1.84. The molecule has 8 nitrogen and oxygen atoms in total. The summed E-state index contributed by atoms with van der Waals surface area (Å²) in [4.78, 5) is 14.6. The Morgan fingerprint density at radius 3 is 2.87 bits per heavy atom. The summed E-state index contributed by atoms with van der Waals surface area (Å²) in [5.74, 6) is 0.429. The van der Waals surface area contributed by atoms with Gasteiger partial charge in [0.15, 0.2) is 0 Å². The highest BCUT2D eigenvalue weighted by Crippen LogP contribution is 2.21. The number of rotatable bonds is 4. The number of hydrazone groups is 1. The third kappa shape index (κ3) is 2.82. The number of phenols is 1. The van der Waals surface area contributed by atoms with E-state index >= 15 is 0 Å². The maximum atomic E-state index is 10.8. The van der Waals surface area contributed by atoms with Crippen LogP contribution in [0.15, 0.2) is 47.6 Å². The van der Waals surface area contributed by atoms with E-state index in [0.29, 0.717) is 5.95 Å². The average Bonchev–Trinajstić information content (AvgIpc) is 2.86. The number of aryl methyl sites for hydroxylation is 1. The quantitative estimate of drug-likeness (QED) is 0.438. The summed E-state index contributed by atoms with van der Waals surface area (Å²) in [6.45, 7) is 0. The lowest BCUT2D eigenvalue weighted by atomic mass is 10.2. The molecular formula is C15H13N5O3. The minimum atomic E-state index is -0.532. The van der Waals surface area contributed by atoms with Gasteiger partial charge in [-0.15, -0.1) is 0 Å². The number of hydrogen-bond donors (Lipinski definition) is 2. The summed E-state index contributed by atoms with van der Waals surface area (Å²) in [7, 11) is 1.85. The maximum Gasteiger partial charge on any atom is 0.270 e. The zero-order chi connectivity index (χ0) is 16.4. The Morgan fingerprint density at radius 1 is 1.35 bits per heavy atom. The van der Waals surface area contributed by atoms with Crippen LogP contribution in [-0.2, 0) is 7.05 Å². The van der Waals surface area contributed by atoms with E-state index in [2.05, 4.69) is 15.5 Å². The molecule has 23 heavy (non-hydrogen) atoms. The van der Waals surface area contributed by atoms with E-state index in [0.717, 1.165) is 11.0 Å². The van der Waals surface area contributed by atoms with Crippen molar-refractivity contribution in [2.75, 3.05) is 5.43 Å². The number of hydrogen-bond acceptors (Lipinski definition) is 6. The number of anilines is 1. The van der Waals surface area contributed by atoms with Gasteiger partial charge in [-0.05, 0) is 18.2 Å². The molecule has 0 radical (unpaired) electrons. The molecule has 0 saturated heterocycles. The van der Waals surface area contributed by atoms with Crippen molar-refractivity contribution in [3.05, 3.63) is 58.1 Å². The Kier molecular flexibility index (Phi) is 3.63. The fourth-order valence-corrected chi connectivity index (χ4v) is 2.16. The molecule has 0 fully saturated rings. The summed E-state index contributed by atoms with van der Waals surface area (Å²) >= 11 is 0. The van der Waals surface area contributed by atoms with Crippen molar-refractivity contribution < 1.29 is 10.0 Å². The minimum absolute atomic E-state index is 0.0915. The maximum absolute atomic E-state index is 10.8. The molecular weight excluding hydrogens is 298 g/mol. The first-order valence-corrected chi connectivity index (χ1v) is 6.74. The Labute approximate surface area is 130 Å². The molecule has 1 aromatic heterocycles. The van der Waals surface area contributed by atoms with Crippen LogP contribution >= 0.6 is 0 Å². The van der Waals surface area contributed by atoms with Gasteiger partial charge in [0.1, 0.15) is 5.75 Å². The van der Waals surface area contributed by atoms with Crippen LogP contribution in [0, 0.1) is 10.1 Å². The molecule has 8 heteroatoms. The van der Waals surface area contributed by atoms with E-state index in [-0.39, 0.29) is 17.0 Å². The lowest BCUT2D eigenvalue weighted by Gasteiger charge is -2.01. The van der Waals surface area contributed by atoms with Crippen LogP contribution in [-0.4, -0.2) is 25.8 Å². The first-order chi connectivity index (χ1) is 11.1. The van der Waals surface area contributed by atoms with Crippen molar-refractivity contribution in [2.45, 2.75) is 0 Å². The number of non-ortho nitro benzene ring substituents is 1. The second kappa shape index (κ2) is 5.76. The number of fused-ring (bicyclic) bond motifs is 1. The predicted octanol–water partition coefficient (Wildman–Crippen LogP) is 2.63. The number of nitro groups is 1. The number of imidazole rings is 1. The van der Waals surface area contributed by atoms with Crippen LogP contribution in [0.3, 0.4) is 0 Å². The molecule has 3 aromatic rings. The van der Waals surface area contributed by atoms with Crippen LogP contribution < -0.4 is 5.43 Å². The number of nitro benzene ring substituents is 1. The third-order valence-electron chi connectivity index (χ3n) is 3.38. The molecule has 0 spiro atoms. The SMILES string of the molecule is Cn1c(N/N=C\c2cc([N+](=O)[O-])ccc2O)nc2ccccc21. The fraction of sp³-hybridized carbons (Fsp3) is 0.0667. The number of nitrogens with one attached hydrogen (secondary N) is 1. The van der Waals surface area contributed by atoms with E-state index in [9.17, 15) is 15.2 Å². The average molecular weight is 311 g/mol. The molecule has 0 bridgehead atoms. The number of aromatic nitrogens is 2. The zero-order valence-corrected chi connectivity index (χ0v) is 12.2. The fourth-order valence-electron chi connectivity index (χ4n) is 2.16. The molecule has 116 valence electrons. The number of benzene rings is 2. The van der Waals surface area contributed by atoms with E-state index in [4.69, 9.17) is 0 Å². The van der Waals surface area contributed by atoms with E-state index in [1.54, 1.807) is 0 Å². The molecule has 0 saturated carbocycles. The highest BCUT2D eigenvalue weighted by molar-refractivity contribution is 5.85. The Morgan fingerprint density at radius 2 is 2.13 bits per heavy atom. The van der Waals surface area contributed by atoms with E-state index < -0.39 is 4.92 Å². The van der Waals surface area contributed by atoms with Gasteiger partial charge in [0.2, 0.25) is 5.95 Å². The molecule has 3 rings (SSSR count). The van der Waals surface area contributed by atoms with E-state index in [1.807, 2.05) is 35.9 Å². The number of nitrogens with zero attached hydrogens (tertiary/aromatic N) is 4. The number of aromatic hydroxyl groups is 1. The monoisotopic (exact) mass is 311 g/mol. The zero-order valence-electron chi connectivity index (χ0n) is 12.2. The normalized spacial score (nSPS) is 11.2. The standard InChI is InChI=1S/C15H13N5O3/c1-19-13-5-3-2-4-12(13)17-15(19)18-16-9-10-8-11(20(22)23)6-7-14(10)21/h2-9,21H,1H3,(H,17,18)/b16-9-. The predicted molar refractivity (Wildman–Crippen MR) is 86.7 cm³/mol. The molecule has 0 atom stereocenters. The van der Waals surface area contributed by atoms with Gasteiger partial charge in [-0.2, -0.15) is 5.10 Å². The number of phenolic OH excluding ortho intramolecular Hbond substituents is 1. The van der Waals surface area contributed by atoms with Crippen molar-refractivity contribution in [1.29, 1.82) is 0 Å². The van der Waals surface area contributed by atoms with Gasteiger partial charge in [-0.25, -0.2) is 10.4 Å². The van der Waals surface area contributed by atoms with Crippen molar-refractivity contribution >= 4 is 28.9 Å². The van der Waals surface area contributed by atoms with Crippen molar-refractivity contribution in [2.24, 2.45) is 12.1 Å². The lowest BCUT2D eigenvalue weighted by molar-refractivity contribution is -0.384. The summed E-state index contributed by atoms with van der Waals surface area (Å²) in [6.07, 6.45) is 1.31. The van der Waals surface area contributed by atoms with Crippen LogP contribution in [0.2, 0.25) is 0 Å². The van der Waals surface area contributed by atoms with Crippen LogP contribution in [0.25, 0.3) is 11.0 Å². The van der Waals surface area contributed by atoms with E-state index in [1.165, 1.54) is 24.4 Å². The summed E-state index contributed by atoms with van der Waals surface area (Å²) in [5, 5.41) is 24.5. The Hall–Kier alpha value is -3.42. The largest absolute Gasteiger partial charge is 0.507 e. The first kappa shape index (κ1) is 14.5. The van der Waals surface area contributed by atoms with Gasteiger partial charge in [0.05, 0.1) is 22.2 Å². The van der Waals surface area contributed by atoms with Crippen molar-refractivity contribution in [3.63, 3.8) is 0 Å². The van der Waals surface area contributed by atoms with Crippen LogP contribution in [0.5, 0.6) is 5.75 Å². The highest BCUT2D eigenvalue weighted by Gasteiger charge is 2.09. The van der Waals surface area contributed by atoms with Gasteiger partial charge in [0, 0.05) is 24.7 Å². The first-order valence-electron chi connectivity index (χ1n) is 6.74. The summed E-state index contributed by atoms with van der Waals surface area (Å²) in [5.41, 5.74) is 4.66. The summed E-state index contributed by atoms with van der Waals surface area (Å²) < 4.78 is 1.83. The van der Waals surface area contributed by atoms with Gasteiger partial charge < -0.3 is 9.67 Å². The molecule has 0 unspecified atom stereocenters.